The van der Waals surface area contributed by atoms with Gasteiger partial charge in [0.05, 0.1) is 6.61 Å². The summed E-state index contributed by atoms with van der Waals surface area (Å²) in [6, 6.07) is 21.0. The van der Waals surface area contributed by atoms with E-state index in [4.69, 9.17) is 4.74 Å². The Bertz CT molecular complexity index is 667. The number of ether oxygens (including phenoxy) is 1. The highest BCUT2D eigenvalue weighted by atomic mass is 16.5. The Labute approximate surface area is 162 Å². The van der Waals surface area contributed by atoms with Crippen LogP contribution in [0.1, 0.15) is 36.3 Å². The molecule has 1 saturated heterocycles. The average Bonchev–Trinajstić information content (AvgIpc) is 2.74. The fourth-order valence-electron chi connectivity index (χ4n) is 3.56. The zero-order valence-corrected chi connectivity index (χ0v) is 16.0. The zero-order valence-electron chi connectivity index (χ0n) is 16.0. The van der Waals surface area contributed by atoms with Gasteiger partial charge in [-0.05, 0) is 42.7 Å². The van der Waals surface area contributed by atoms with Gasteiger partial charge in [-0.25, -0.2) is 4.79 Å². The first-order valence-corrected chi connectivity index (χ1v) is 10.0. The molecule has 4 heteroatoms. The highest BCUT2D eigenvalue weighted by Crippen LogP contribution is 2.27. The molecule has 0 radical (unpaired) electrons. The molecule has 3 rings (SSSR count). The minimum absolute atomic E-state index is 0.0609. The molecule has 1 heterocycles. The Morgan fingerprint density at radius 2 is 1.63 bits per heavy atom. The van der Waals surface area contributed by atoms with Crippen LogP contribution in [0.25, 0.3) is 0 Å². The van der Waals surface area contributed by atoms with Crippen LogP contribution in [-0.4, -0.2) is 43.8 Å². The monoisotopic (exact) mass is 366 g/mol. The van der Waals surface area contributed by atoms with Crippen molar-refractivity contribution in [2.75, 3.05) is 32.8 Å². The molecule has 0 atom stereocenters. The van der Waals surface area contributed by atoms with Crippen LogP contribution in [0.2, 0.25) is 0 Å². The SMILES string of the molecule is O=C(NCCCOCCc1ccccc1)N1CCC(c2ccccc2)CC1. The molecule has 0 spiro atoms. The second-order valence-corrected chi connectivity index (χ2v) is 7.11. The molecule has 1 N–H and O–H groups in total. The molecule has 1 aliphatic rings. The van der Waals surface area contributed by atoms with Gasteiger partial charge in [0.25, 0.3) is 0 Å². The lowest BCUT2D eigenvalue weighted by Gasteiger charge is -2.32. The van der Waals surface area contributed by atoms with Crippen molar-refractivity contribution in [1.29, 1.82) is 0 Å². The molecule has 2 aromatic carbocycles. The van der Waals surface area contributed by atoms with Gasteiger partial charge >= 0.3 is 6.03 Å². The van der Waals surface area contributed by atoms with E-state index in [0.717, 1.165) is 45.4 Å². The number of benzene rings is 2. The summed E-state index contributed by atoms with van der Waals surface area (Å²) in [5.74, 6) is 0.577. The van der Waals surface area contributed by atoms with E-state index in [1.807, 2.05) is 23.1 Å². The van der Waals surface area contributed by atoms with Crippen molar-refractivity contribution >= 4 is 6.03 Å². The number of carbonyl (C=O) groups excluding carboxylic acids is 1. The first-order valence-electron chi connectivity index (χ1n) is 10.0. The maximum Gasteiger partial charge on any atom is 0.317 e. The molecule has 27 heavy (non-hydrogen) atoms. The summed E-state index contributed by atoms with van der Waals surface area (Å²) in [4.78, 5) is 14.2. The fourth-order valence-corrected chi connectivity index (χ4v) is 3.56. The molecule has 0 saturated carbocycles. The summed E-state index contributed by atoms with van der Waals surface area (Å²) in [6.45, 7) is 3.74. The normalized spacial score (nSPS) is 14.9. The lowest BCUT2D eigenvalue weighted by atomic mass is 9.90. The van der Waals surface area contributed by atoms with Crippen LogP contribution in [0, 0.1) is 0 Å². The predicted molar refractivity (Wildman–Crippen MR) is 109 cm³/mol. The Morgan fingerprint density at radius 1 is 0.963 bits per heavy atom. The Hall–Kier alpha value is -2.33. The van der Waals surface area contributed by atoms with E-state index < -0.39 is 0 Å². The molecular weight excluding hydrogens is 336 g/mol. The third-order valence-electron chi connectivity index (χ3n) is 5.17. The van der Waals surface area contributed by atoms with Crippen LogP contribution in [0.3, 0.4) is 0 Å². The number of amides is 2. The largest absolute Gasteiger partial charge is 0.381 e. The number of likely N-dealkylation sites (tertiary alicyclic amines) is 1. The number of nitrogens with zero attached hydrogens (tertiary/aromatic N) is 1. The number of carbonyl (C=O) groups is 1. The maximum atomic E-state index is 12.3. The molecule has 0 aliphatic carbocycles. The van der Waals surface area contributed by atoms with Crippen LogP contribution in [0.15, 0.2) is 60.7 Å². The first kappa shape index (κ1) is 19.4. The highest BCUT2D eigenvalue weighted by Gasteiger charge is 2.23. The molecule has 0 bridgehead atoms. The number of urea groups is 1. The molecule has 0 unspecified atom stereocenters. The zero-order chi connectivity index (χ0) is 18.7. The van der Waals surface area contributed by atoms with Gasteiger partial charge in [0, 0.05) is 26.2 Å². The van der Waals surface area contributed by atoms with E-state index in [9.17, 15) is 4.79 Å². The van der Waals surface area contributed by atoms with Crippen LogP contribution < -0.4 is 5.32 Å². The van der Waals surface area contributed by atoms with Crippen LogP contribution in [0.4, 0.5) is 4.79 Å². The highest BCUT2D eigenvalue weighted by molar-refractivity contribution is 5.74. The van der Waals surface area contributed by atoms with Crippen molar-refractivity contribution in [1.82, 2.24) is 10.2 Å². The van der Waals surface area contributed by atoms with E-state index >= 15 is 0 Å². The predicted octanol–water partition coefficient (Wildman–Crippen LogP) is 4.23. The second kappa shape index (κ2) is 10.7. The summed E-state index contributed by atoms with van der Waals surface area (Å²) in [7, 11) is 0. The average molecular weight is 367 g/mol. The molecule has 2 aromatic rings. The lowest BCUT2D eigenvalue weighted by molar-refractivity contribution is 0.133. The first-order chi connectivity index (χ1) is 13.3. The summed E-state index contributed by atoms with van der Waals surface area (Å²) < 4.78 is 5.66. The molecule has 144 valence electrons. The number of hydrogen-bond acceptors (Lipinski definition) is 2. The van der Waals surface area contributed by atoms with E-state index in [1.165, 1.54) is 11.1 Å². The summed E-state index contributed by atoms with van der Waals surface area (Å²) in [6.07, 6.45) is 3.87. The topological polar surface area (TPSA) is 41.6 Å². The molecule has 1 aliphatic heterocycles. The fraction of sp³-hybridized carbons (Fsp3) is 0.435. The molecule has 4 nitrogen and oxygen atoms in total. The van der Waals surface area contributed by atoms with E-state index in [-0.39, 0.29) is 6.03 Å². The van der Waals surface area contributed by atoms with Gasteiger partial charge in [-0.2, -0.15) is 0 Å². The standard InChI is InChI=1S/C23H30N2O2/c26-23(24-15-7-18-27-19-14-20-8-3-1-4-9-20)25-16-12-22(13-17-25)21-10-5-2-6-11-21/h1-6,8-11,22H,7,12-19H2,(H,24,26). The molecule has 0 aromatic heterocycles. The molecular formula is C23H30N2O2. The van der Waals surface area contributed by atoms with Crippen molar-refractivity contribution in [3.8, 4) is 0 Å². The second-order valence-electron chi connectivity index (χ2n) is 7.11. The van der Waals surface area contributed by atoms with Gasteiger partial charge < -0.3 is 15.0 Å². The summed E-state index contributed by atoms with van der Waals surface area (Å²) in [5, 5.41) is 3.02. The summed E-state index contributed by atoms with van der Waals surface area (Å²) in [5.41, 5.74) is 2.69. The van der Waals surface area contributed by atoms with Crippen molar-refractivity contribution < 1.29 is 9.53 Å². The summed E-state index contributed by atoms with van der Waals surface area (Å²) >= 11 is 0. The number of rotatable bonds is 8. The van der Waals surface area contributed by atoms with Gasteiger partial charge in [-0.1, -0.05) is 60.7 Å². The number of hydrogen-bond donors (Lipinski definition) is 1. The van der Waals surface area contributed by atoms with Crippen LogP contribution >= 0.6 is 0 Å². The van der Waals surface area contributed by atoms with Gasteiger partial charge in [0.2, 0.25) is 0 Å². The Morgan fingerprint density at radius 3 is 2.33 bits per heavy atom. The quantitative estimate of drug-likeness (QED) is 0.711. The van der Waals surface area contributed by atoms with Crippen molar-refractivity contribution in [2.45, 2.75) is 31.6 Å². The minimum atomic E-state index is 0.0609. The minimum Gasteiger partial charge on any atom is -0.381 e. The van der Waals surface area contributed by atoms with Crippen molar-refractivity contribution in [3.63, 3.8) is 0 Å². The van der Waals surface area contributed by atoms with E-state index in [0.29, 0.717) is 19.1 Å². The van der Waals surface area contributed by atoms with Crippen molar-refractivity contribution in [2.24, 2.45) is 0 Å². The third kappa shape index (κ3) is 6.40. The van der Waals surface area contributed by atoms with Gasteiger partial charge in [0.15, 0.2) is 0 Å². The van der Waals surface area contributed by atoms with Gasteiger partial charge in [-0.15, -0.1) is 0 Å². The molecule has 2 amide bonds. The van der Waals surface area contributed by atoms with Crippen LogP contribution in [0.5, 0.6) is 0 Å². The lowest BCUT2D eigenvalue weighted by Crippen LogP contribution is -2.44. The Balaban J connectivity index is 1.24. The Kier molecular flexibility index (Phi) is 7.72. The van der Waals surface area contributed by atoms with E-state index in [2.05, 4.69) is 47.8 Å². The van der Waals surface area contributed by atoms with Gasteiger partial charge in [0.1, 0.15) is 0 Å². The molecule has 1 fully saturated rings. The van der Waals surface area contributed by atoms with Crippen LogP contribution in [-0.2, 0) is 11.2 Å². The van der Waals surface area contributed by atoms with Gasteiger partial charge in [-0.3, -0.25) is 0 Å². The smallest absolute Gasteiger partial charge is 0.317 e. The number of nitrogens with one attached hydrogen (secondary N) is 1. The maximum absolute atomic E-state index is 12.3. The van der Waals surface area contributed by atoms with Crippen molar-refractivity contribution in [3.05, 3.63) is 71.8 Å². The third-order valence-corrected chi connectivity index (χ3v) is 5.17. The van der Waals surface area contributed by atoms with E-state index in [1.54, 1.807) is 0 Å². The number of piperidine rings is 1.